The molecule has 0 radical (unpaired) electrons. The number of hydrogen-bond donors (Lipinski definition) is 0. The fraction of sp³-hybridized carbons (Fsp3) is 0.880. The van der Waals surface area contributed by atoms with E-state index in [-0.39, 0.29) is 0 Å². The summed E-state index contributed by atoms with van der Waals surface area (Å²) in [6.07, 6.45) is 29.8. The van der Waals surface area contributed by atoms with E-state index >= 15 is 0 Å². The second-order valence-corrected chi connectivity index (χ2v) is 8.01. The van der Waals surface area contributed by atoms with Gasteiger partial charge in [-0.1, -0.05) is 109 Å². The molecule has 0 bridgehead atoms. The van der Waals surface area contributed by atoms with Crippen molar-refractivity contribution in [3.05, 3.63) is 12.2 Å². The summed E-state index contributed by atoms with van der Waals surface area (Å²) in [4.78, 5) is 11.9. The Labute approximate surface area is 165 Å². The summed E-state index contributed by atoms with van der Waals surface area (Å²) >= 11 is 0. The SMILES string of the molecule is CC/C=C/CCCCCCC(=O)CCCCCCCCCCCCCC. The maximum atomic E-state index is 11.9. The van der Waals surface area contributed by atoms with Crippen molar-refractivity contribution >= 4 is 5.78 Å². The highest BCUT2D eigenvalue weighted by Crippen LogP contribution is 2.13. The molecule has 0 amide bonds. The van der Waals surface area contributed by atoms with Crippen molar-refractivity contribution in [2.45, 2.75) is 142 Å². The predicted octanol–water partition coefficient (Wildman–Crippen LogP) is 8.95. The molecular weight excluding hydrogens is 316 g/mol. The van der Waals surface area contributed by atoms with E-state index in [0.717, 1.165) is 32.1 Å². The number of unbranched alkanes of at least 4 members (excludes halogenated alkanes) is 15. The van der Waals surface area contributed by atoms with Gasteiger partial charge in [-0.05, 0) is 32.1 Å². The third-order valence-electron chi connectivity index (χ3n) is 5.29. The van der Waals surface area contributed by atoms with Gasteiger partial charge in [0.2, 0.25) is 0 Å². The van der Waals surface area contributed by atoms with Crippen LogP contribution in [-0.4, -0.2) is 5.78 Å². The third kappa shape index (κ3) is 21.5. The van der Waals surface area contributed by atoms with Gasteiger partial charge in [0, 0.05) is 12.8 Å². The Morgan fingerprint density at radius 3 is 1.42 bits per heavy atom. The molecule has 0 saturated carbocycles. The average Bonchev–Trinajstić information content (AvgIpc) is 2.65. The number of ketones is 1. The van der Waals surface area contributed by atoms with Gasteiger partial charge in [0.05, 0.1) is 0 Å². The summed E-state index contributed by atoms with van der Waals surface area (Å²) in [7, 11) is 0. The van der Waals surface area contributed by atoms with E-state index in [1.807, 2.05) is 0 Å². The minimum atomic E-state index is 0.503. The molecule has 0 aromatic carbocycles. The molecule has 0 unspecified atom stereocenters. The number of rotatable bonds is 21. The van der Waals surface area contributed by atoms with Gasteiger partial charge >= 0.3 is 0 Å². The lowest BCUT2D eigenvalue weighted by molar-refractivity contribution is -0.119. The summed E-state index contributed by atoms with van der Waals surface area (Å²) in [5, 5.41) is 0. The molecule has 0 aliphatic heterocycles. The smallest absolute Gasteiger partial charge is 0.132 e. The zero-order valence-corrected chi connectivity index (χ0v) is 18.2. The molecule has 0 spiro atoms. The Kier molecular flexibility index (Phi) is 21.9. The van der Waals surface area contributed by atoms with Crippen LogP contribution in [0.5, 0.6) is 0 Å². The second kappa shape index (κ2) is 22.5. The van der Waals surface area contributed by atoms with E-state index in [4.69, 9.17) is 0 Å². The maximum absolute atomic E-state index is 11.9. The zero-order chi connectivity index (χ0) is 19.1. The molecule has 0 N–H and O–H groups in total. The number of allylic oxidation sites excluding steroid dienone is 2. The third-order valence-corrected chi connectivity index (χ3v) is 5.29. The molecular formula is C25H48O. The Bertz CT molecular complexity index is 305. The van der Waals surface area contributed by atoms with Crippen LogP contribution in [0.1, 0.15) is 142 Å². The first-order valence-corrected chi connectivity index (χ1v) is 12.0. The van der Waals surface area contributed by atoms with Gasteiger partial charge in [-0.2, -0.15) is 0 Å². The van der Waals surface area contributed by atoms with Gasteiger partial charge in [-0.15, -0.1) is 0 Å². The summed E-state index contributed by atoms with van der Waals surface area (Å²) in [5.41, 5.74) is 0. The quantitative estimate of drug-likeness (QED) is 0.147. The standard InChI is InChI=1S/C25H48O/c1-3-5-7-9-11-13-14-15-16-18-20-22-24-25(26)23-21-19-17-12-10-8-6-4-2/h6,8H,3-5,7,9-24H2,1-2H3/b8-6+. The summed E-state index contributed by atoms with van der Waals surface area (Å²) < 4.78 is 0. The van der Waals surface area contributed by atoms with E-state index < -0.39 is 0 Å². The van der Waals surface area contributed by atoms with Crippen molar-refractivity contribution in [3.8, 4) is 0 Å². The number of Topliss-reactive ketones (excluding diaryl/α,β-unsaturated/α-hetero) is 1. The highest BCUT2D eigenvalue weighted by molar-refractivity contribution is 5.78. The Balaban J connectivity index is 3.16. The van der Waals surface area contributed by atoms with Gasteiger partial charge in [0.15, 0.2) is 0 Å². The second-order valence-electron chi connectivity index (χ2n) is 8.01. The maximum Gasteiger partial charge on any atom is 0.132 e. The van der Waals surface area contributed by atoms with Gasteiger partial charge < -0.3 is 0 Å². The van der Waals surface area contributed by atoms with Crippen LogP contribution in [0.3, 0.4) is 0 Å². The fourth-order valence-corrected chi connectivity index (χ4v) is 3.51. The Morgan fingerprint density at radius 1 is 0.538 bits per heavy atom. The van der Waals surface area contributed by atoms with Crippen LogP contribution in [0.25, 0.3) is 0 Å². The first-order valence-electron chi connectivity index (χ1n) is 12.0. The normalized spacial score (nSPS) is 11.5. The lowest BCUT2D eigenvalue weighted by atomic mass is 10.0. The lowest BCUT2D eigenvalue weighted by Crippen LogP contribution is -1.97. The average molecular weight is 365 g/mol. The molecule has 154 valence electrons. The van der Waals surface area contributed by atoms with Crippen LogP contribution in [0, 0.1) is 0 Å². The minimum Gasteiger partial charge on any atom is -0.300 e. The molecule has 1 heteroatoms. The van der Waals surface area contributed by atoms with Crippen LogP contribution < -0.4 is 0 Å². The molecule has 0 saturated heterocycles. The summed E-state index contributed by atoms with van der Waals surface area (Å²) in [5.74, 6) is 0.503. The molecule has 0 aromatic rings. The van der Waals surface area contributed by atoms with Crippen molar-refractivity contribution < 1.29 is 4.79 Å². The van der Waals surface area contributed by atoms with Gasteiger partial charge in [-0.3, -0.25) is 4.79 Å². The van der Waals surface area contributed by atoms with Crippen LogP contribution >= 0.6 is 0 Å². The summed E-state index contributed by atoms with van der Waals surface area (Å²) in [6.45, 7) is 4.46. The highest BCUT2D eigenvalue weighted by atomic mass is 16.1. The van der Waals surface area contributed by atoms with Gasteiger partial charge in [-0.25, -0.2) is 0 Å². The van der Waals surface area contributed by atoms with Crippen molar-refractivity contribution in [3.63, 3.8) is 0 Å². The van der Waals surface area contributed by atoms with Crippen molar-refractivity contribution in [1.29, 1.82) is 0 Å². The van der Waals surface area contributed by atoms with E-state index in [0.29, 0.717) is 5.78 Å². The largest absolute Gasteiger partial charge is 0.300 e. The minimum absolute atomic E-state index is 0.503. The van der Waals surface area contributed by atoms with Crippen LogP contribution in [-0.2, 0) is 4.79 Å². The van der Waals surface area contributed by atoms with Crippen LogP contribution in [0.4, 0.5) is 0 Å². The number of hydrogen-bond acceptors (Lipinski definition) is 1. The van der Waals surface area contributed by atoms with E-state index in [9.17, 15) is 4.79 Å². The molecule has 0 rings (SSSR count). The molecule has 26 heavy (non-hydrogen) atoms. The molecule has 0 fully saturated rings. The van der Waals surface area contributed by atoms with E-state index in [1.165, 1.54) is 96.3 Å². The molecule has 0 aromatic heterocycles. The van der Waals surface area contributed by atoms with Crippen LogP contribution in [0.15, 0.2) is 12.2 Å². The molecule has 1 nitrogen and oxygen atoms in total. The molecule has 0 aliphatic carbocycles. The molecule has 0 atom stereocenters. The Morgan fingerprint density at radius 2 is 0.962 bits per heavy atom. The lowest BCUT2D eigenvalue weighted by Gasteiger charge is -2.03. The van der Waals surface area contributed by atoms with E-state index in [2.05, 4.69) is 26.0 Å². The zero-order valence-electron chi connectivity index (χ0n) is 18.2. The highest BCUT2D eigenvalue weighted by Gasteiger charge is 2.01. The van der Waals surface area contributed by atoms with Gasteiger partial charge in [0.25, 0.3) is 0 Å². The number of carbonyl (C=O) groups excluding carboxylic acids is 1. The topological polar surface area (TPSA) is 17.1 Å². The Hall–Kier alpha value is -0.590. The van der Waals surface area contributed by atoms with Gasteiger partial charge in [0.1, 0.15) is 5.78 Å². The van der Waals surface area contributed by atoms with Crippen molar-refractivity contribution in [2.75, 3.05) is 0 Å². The summed E-state index contributed by atoms with van der Waals surface area (Å²) in [6, 6.07) is 0. The monoisotopic (exact) mass is 364 g/mol. The first-order chi connectivity index (χ1) is 12.8. The van der Waals surface area contributed by atoms with Crippen molar-refractivity contribution in [2.24, 2.45) is 0 Å². The fourth-order valence-electron chi connectivity index (χ4n) is 3.51. The number of carbonyl (C=O) groups is 1. The van der Waals surface area contributed by atoms with Crippen molar-refractivity contribution in [1.82, 2.24) is 0 Å². The van der Waals surface area contributed by atoms with E-state index in [1.54, 1.807) is 0 Å². The first kappa shape index (κ1) is 25.4. The molecule has 0 aliphatic rings. The van der Waals surface area contributed by atoms with Crippen LogP contribution in [0.2, 0.25) is 0 Å². The predicted molar refractivity (Wildman–Crippen MR) is 118 cm³/mol. The molecule has 0 heterocycles.